The Hall–Kier alpha value is -0.900. The molecule has 0 fully saturated rings. The fourth-order valence-electron chi connectivity index (χ4n) is 2.25. The molecule has 0 radical (unpaired) electrons. The maximum absolute atomic E-state index is 12.0. The number of aromatic nitrogens is 1. The molecule has 0 aliphatic carbocycles. The maximum atomic E-state index is 12.0. The molecule has 3 nitrogen and oxygen atoms in total. The van der Waals surface area contributed by atoms with E-state index in [1.54, 1.807) is 5.51 Å². The van der Waals surface area contributed by atoms with E-state index in [0.29, 0.717) is 0 Å². The van der Waals surface area contributed by atoms with Gasteiger partial charge in [0.05, 0.1) is 11.2 Å². The van der Waals surface area contributed by atoms with Crippen molar-refractivity contribution < 1.29 is 4.79 Å². The first kappa shape index (κ1) is 17.2. The fourth-order valence-corrected chi connectivity index (χ4v) is 3.04. The van der Waals surface area contributed by atoms with E-state index < -0.39 is 0 Å². The second-order valence-corrected chi connectivity index (χ2v) is 6.07. The summed E-state index contributed by atoms with van der Waals surface area (Å²) >= 11 is 1.44. The van der Waals surface area contributed by atoms with Gasteiger partial charge in [-0.05, 0) is 12.8 Å². The summed E-state index contributed by atoms with van der Waals surface area (Å²) in [6.45, 7) is 5.06. The van der Waals surface area contributed by atoms with Crippen LogP contribution >= 0.6 is 11.3 Å². The predicted molar refractivity (Wildman–Crippen MR) is 86.4 cm³/mol. The molecule has 0 aliphatic heterocycles. The molecular weight excluding hydrogens is 268 g/mol. The first-order valence-electron chi connectivity index (χ1n) is 8.00. The van der Waals surface area contributed by atoms with Gasteiger partial charge in [-0.2, -0.15) is 0 Å². The van der Waals surface area contributed by atoms with E-state index in [1.807, 2.05) is 6.92 Å². The third-order valence-electron chi connectivity index (χ3n) is 3.50. The average Bonchev–Trinajstić information content (AvgIpc) is 2.94. The van der Waals surface area contributed by atoms with Gasteiger partial charge in [0.25, 0.3) is 5.91 Å². The van der Waals surface area contributed by atoms with E-state index in [9.17, 15) is 4.79 Å². The monoisotopic (exact) mass is 296 g/mol. The molecule has 0 unspecified atom stereocenters. The minimum Gasteiger partial charge on any atom is -0.351 e. The van der Waals surface area contributed by atoms with Crippen molar-refractivity contribution in [1.29, 1.82) is 0 Å². The molecule has 1 aromatic heterocycles. The molecule has 0 saturated carbocycles. The van der Waals surface area contributed by atoms with Crippen molar-refractivity contribution in [1.82, 2.24) is 10.3 Å². The highest BCUT2D eigenvalue weighted by Gasteiger charge is 2.12. The Morgan fingerprint density at radius 3 is 2.40 bits per heavy atom. The van der Waals surface area contributed by atoms with Gasteiger partial charge in [-0.3, -0.25) is 4.79 Å². The summed E-state index contributed by atoms with van der Waals surface area (Å²) in [6.07, 6.45) is 11.2. The lowest BCUT2D eigenvalue weighted by molar-refractivity contribution is 0.0956. The van der Waals surface area contributed by atoms with Crippen molar-refractivity contribution in [2.24, 2.45) is 0 Å². The van der Waals surface area contributed by atoms with E-state index in [4.69, 9.17) is 0 Å². The van der Waals surface area contributed by atoms with Crippen LogP contribution in [0.25, 0.3) is 0 Å². The van der Waals surface area contributed by atoms with Gasteiger partial charge < -0.3 is 5.32 Å². The highest BCUT2D eigenvalue weighted by Crippen LogP contribution is 2.13. The molecular formula is C16H28N2OS. The van der Waals surface area contributed by atoms with Gasteiger partial charge in [0.2, 0.25) is 0 Å². The Morgan fingerprint density at radius 2 is 1.75 bits per heavy atom. The standard InChI is InChI=1S/C16H28N2OS/c1-3-5-6-7-8-9-10-11-12-17-16(19)15-14(4-2)18-13-20-15/h13H,3-12H2,1-2H3,(H,17,19). The van der Waals surface area contributed by atoms with Crippen LogP contribution in [0.5, 0.6) is 0 Å². The quantitative estimate of drug-likeness (QED) is 0.607. The van der Waals surface area contributed by atoms with Gasteiger partial charge >= 0.3 is 0 Å². The van der Waals surface area contributed by atoms with Gasteiger partial charge in [-0.15, -0.1) is 11.3 Å². The molecule has 0 bridgehead atoms. The lowest BCUT2D eigenvalue weighted by atomic mass is 10.1. The largest absolute Gasteiger partial charge is 0.351 e. The number of hydrogen-bond acceptors (Lipinski definition) is 3. The molecule has 0 aliphatic rings. The number of nitrogens with one attached hydrogen (secondary N) is 1. The summed E-state index contributed by atoms with van der Waals surface area (Å²) in [5, 5.41) is 3.00. The van der Waals surface area contributed by atoms with E-state index in [2.05, 4.69) is 17.2 Å². The van der Waals surface area contributed by atoms with Crippen LogP contribution in [0.3, 0.4) is 0 Å². The van der Waals surface area contributed by atoms with Crippen LogP contribution in [0.2, 0.25) is 0 Å². The molecule has 0 spiro atoms. The second kappa shape index (κ2) is 10.8. The summed E-state index contributed by atoms with van der Waals surface area (Å²) in [7, 11) is 0. The highest BCUT2D eigenvalue weighted by molar-refractivity contribution is 7.11. The maximum Gasteiger partial charge on any atom is 0.263 e. The van der Waals surface area contributed by atoms with Crippen molar-refractivity contribution in [3.05, 3.63) is 16.1 Å². The summed E-state index contributed by atoms with van der Waals surface area (Å²) < 4.78 is 0. The molecule has 0 aromatic carbocycles. The lowest BCUT2D eigenvalue weighted by Crippen LogP contribution is -2.24. The molecule has 1 aromatic rings. The van der Waals surface area contributed by atoms with Gasteiger partial charge in [0.1, 0.15) is 4.88 Å². The number of nitrogens with zero attached hydrogens (tertiary/aromatic N) is 1. The normalized spacial score (nSPS) is 10.7. The number of thiazole rings is 1. The predicted octanol–water partition coefficient (Wildman–Crippen LogP) is 4.58. The Balaban J connectivity index is 2.02. The van der Waals surface area contributed by atoms with Crippen molar-refractivity contribution in [3.63, 3.8) is 0 Å². The van der Waals surface area contributed by atoms with E-state index in [1.165, 1.54) is 56.3 Å². The smallest absolute Gasteiger partial charge is 0.263 e. The Morgan fingerprint density at radius 1 is 1.10 bits per heavy atom. The van der Waals surface area contributed by atoms with Crippen molar-refractivity contribution in [2.75, 3.05) is 6.54 Å². The lowest BCUT2D eigenvalue weighted by Gasteiger charge is -2.05. The van der Waals surface area contributed by atoms with Crippen LogP contribution in [0, 0.1) is 0 Å². The van der Waals surface area contributed by atoms with Crippen LogP contribution in [-0.2, 0) is 6.42 Å². The molecule has 1 amide bonds. The molecule has 1 N–H and O–H groups in total. The van der Waals surface area contributed by atoms with Crippen molar-refractivity contribution >= 4 is 17.2 Å². The zero-order valence-electron chi connectivity index (χ0n) is 12.9. The van der Waals surface area contributed by atoms with Crippen LogP contribution < -0.4 is 5.32 Å². The van der Waals surface area contributed by atoms with Gasteiger partial charge in [0, 0.05) is 6.54 Å². The SMILES string of the molecule is CCCCCCCCCCNC(=O)c1scnc1CC. The fraction of sp³-hybridized carbons (Fsp3) is 0.750. The molecule has 1 heterocycles. The summed E-state index contributed by atoms with van der Waals surface area (Å²) in [5.41, 5.74) is 2.67. The number of rotatable bonds is 11. The van der Waals surface area contributed by atoms with E-state index in [0.717, 1.165) is 30.0 Å². The van der Waals surface area contributed by atoms with Crippen LogP contribution in [0.4, 0.5) is 0 Å². The molecule has 114 valence electrons. The minimum atomic E-state index is 0.0484. The molecule has 0 saturated heterocycles. The van der Waals surface area contributed by atoms with Crippen LogP contribution in [0.1, 0.15) is 80.6 Å². The van der Waals surface area contributed by atoms with Gasteiger partial charge in [0.15, 0.2) is 0 Å². The molecule has 4 heteroatoms. The first-order chi connectivity index (χ1) is 9.79. The number of aryl methyl sites for hydroxylation is 1. The van der Waals surface area contributed by atoms with Crippen LogP contribution in [0.15, 0.2) is 5.51 Å². The number of amides is 1. The third kappa shape index (κ3) is 6.51. The topological polar surface area (TPSA) is 42.0 Å². The zero-order chi connectivity index (χ0) is 14.6. The van der Waals surface area contributed by atoms with Crippen molar-refractivity contribution in [2.45, 2.75) is 71.6 Å². The first-order valence-corrected chi connectivity index (χ1v) is 8.88. The summed E-state index contributed by atoms with van der Waals surface area (Å²) in [5.74, 6) is 0.0484. The van der Waals surface area contributed by atoms with E-state index >= 15 is 0 Å². The van der Waals surface area contributed by atoms with Crippen molar-refractivity contribution in [3.8, 4) is 0 Å². The number of carbonyl (C=O) groups excluding carboxylic acids is 1. The Kier molecular flexibility index (Phi) is 9.29. The Bertz CT molecular complexity index is 376. The van der Waals surface area contributed by atoms with Gasteiger partial charge in [-0.25, -0.2) is 4.98 Å². The average molecular weight is 296 g/mol. The summed E-state index contributed by atoms with van der Waals surface area (Å²) in [4.78, 5) is 16.9. The molecule has 0 atom stereocenters. The molecule has 1 rings (SSSR count). The minimum absolute atomic E-state index is 0.0484. The highest BCUT2D eigenvalue weighted by atomic mass is 32.1. The number of hydrogen-bond donors (Lipinski definition) is 1. The van der Waals surface area contributed by atoms with E-state index in [-0.39, 0.29) is 5.91 Å². The second-order valence-electron chi connectivity index (χ2n) is 5.21. The third-order valence-corrected chi connectivity index (χ3v) is 4.37. The zero-order valence-corrected chi connectivity index (χ0v) is 13.7. The summed E-state index contributed by atoms with van der Waals surface area (Å²) in [6, 6.07) is 0. The number of carbonyl (C=O) groups is 1. The van der Waals surface area contributed by atoms with Crippen LogP contribution in [-0.4, -0.2) is 17.4 Å². The van der Waals surface area contributed by atoms with Gasteiger partial charge in [-0.1, -0.05) is 58.8 Å². The molecule has 20 heavy (non-hydrogen) atoms. The Labute approximate surface area is 127 Å². The number of unbranched alkanes of at least 4 members (excludes halogenated alkanes) is 7.